The molecule has 0 aromatic carbocycles. The van der Waals surface area contributed by atoms with Gasteiger partial charge in [0, 0.05) is 26.6 Å². The largest absolute Gasteiger partial charge is 0.354 e. The molecule has 1 fully saturated rings. The van der Waals surface area contributed by atoms with Gasteiger partial charge in [0.15, 0.2) is 11.6 Å². The molecule has 26 heavy (non-hydrogen) atoms. The molecule has 2 aliphatic rings. The van der Waals surface area contributed by atoms with Crippen molar-refractivity contribution in [2.24, 2.45) is 0 Å². The maximum atomic E-state index is 14.1. The molecule has 0 spiro atoms. The predicted octanol–water partition coefficient (Wildman–Crippen LogP) is 1.07. The van der Waals surface area contributed by atoms with Crippen LogP contribution >= 0.6 is 0 Å². The Labute approximate surface area is 151 Å². The highest BCUT2D eigenvalue weighted by atomic mass is 19.1. The van der Waals surface area contributed by atoms with E-state index in [4.69, 9.17) is 0 Å². The summed E-state index contributed by atoms with van der Waals surface area (Å²) in [5.41, 5.74) is 1.86. The number of nitrogens with zero attached hydrogens (tertiary/aromatic N) is 6. The number of hydrogen-bond acceptors (Lipinski definition) is 6. The molecule has 2 aromatic heterocycles. The average Bonchev–Trinajstić information content (AvgIpc) is 3.29. The average molecular weight is 359 g/mol. The maximum Gasteiger partial charge on any atom is 0.227 e. The number of aromatic nitrogens is 4. The van der Waals surface area contributed by atoms with E-state index in [9.17, 15) is 9.18 Å². The molecule has 0 unspecified atom stereocenters. The standard InChI is InChI=1S/C17H22FN7O/c1-12(26)19-9-13-8-14-11-24(6-7-25(14)22-13)17-20-10-15(18)16(21-17)23-4-2-3-5-23/h8,10H,2-7,9,11H2,1H3,(H,19,26). The molecule has 0 radical (unpaired) electrons. The Bertz CT molecular complexity index is 815. The van der Waals surface area contributed by atoms with Crippen molar-refractivity contribution in [3.8, 4) is 0 Å². The van der Waals surface area contributed by atoms with Crippen LogP contribution in [-0.2, 0) is 24.4 Å². The Morgan fingerprint density at radius 1 is 1.23 bits per heavy atom. The molecule has 2 aromatic rings. The minimum atomic E-state index is -0.365. The Balaban J connectivity index is 1.51. The smallest absolute Gasteiger partial charge is 0.227 e. The zero-order valence-corrected chi connectivity index (χ0v) is 14.8. The maximum absolute atomic E-state index is 14.1. The number of anilines is 2. The number of nitrogens with one attached hydrogen (secondary N) is 1. The van der Waals surface area contributed by atoms with Crippen LogP contribution in [0.4, 0.5) is 16.2 Å². The van der Waals surface area contributed by atoms with Gasteiger partial charge >= 0.3 is 0 Å². The van der Waals surface area contributed by atoms with E-state index in [1.54, 1.807) is 0 Å². The van der Waals surface area contributed by atoms with Gasteiger partial charge in [-0.3, -0.25) is 9.48 Å². The minimum absolute atomic E-state index is 0.0771. The minimum Gasteiger partial charge on any atom is -0.354 e. The van der Waals surface area contributed by atoms with Crippen molar-refractivity contribution in [1.29, 1.82) is 0 Å². The van der Waals surface area contributed by atoms with Gasteiger partial charge in [-0.05, 0) is 18.9 Å². The summed E-state index contributed by atoms with van der Waals surface area (Å²) in [5, 5.41) is 7.27. The van der Waals surface area contributed by atoms with Gasteiger partial charge in [0.05, 0.1) is 37.2 Å². The summed E-state index contributed by atoms with van der Waals surface area (Å²) in [6.45, 7) is 5.61. The molecule has 9 heteroatoms. The van der Waals surface area contributed by atoms with Gasteiger partial charge in [-0.15, -0.1) is 0 Å². The van der Waals surface area contributed by atoms with Gasteiger partial charge in [-0.2, -0.15) is 10.1 Å². The fourth-order valence-corrected chi connectivity index (χ4v) is 3.45. The highest BCUT2D eigenvalue weighted by Gasteiger charge is 2.24. The van der Waals surface area contributed by atoms with E-state index in [1.807, 2.05) is 20.5 Å². The molecule has 1 saturated heterocycles. The molecule has 0 aliphatic carbocycles. The number of hydrogen-bond donors (Lipinski definition) is 1. The van der Waals surface area contributed by atoms with E-state index in [-0.39, 0.29) is 11.7 Å². The predicted molar refractivity (Wildman–Crippen MR) is 94.2 cm³/mol. The van der Waals surface area contributed by atoms with Gasteiger partial charge in [0.1, 0.15) is 0 Å². The number of amides is 1. The fourth-order valence-electron chi connectivity index (χ4n) is 3.45. The van der Waals surface area contributed by atoms with Crippen LogP contribution < -0.4 is 15.1 Å². The second-order valence-electron chi connectivity index (χ2n) is 6.72. The molecule has 8 nitrogen and oxygen atoms in total. The first-order valence-corrected chi connectivity index (χ1v) is 8.92. The van der Waals surface area contributed by atoms with Crippen molar-refractivity contribution in [2.75, 3.05) is 29.4 Å². The van der Waals surface area contributed by atoms with Crippen LogP contribution in [0.5, 0.6) is 0 Å². The van der Waals surface area contributed by atoms with Crippen molar-refractivity contribution in [3.63, 3.8) is 0 Å². The highest BCUT2D eigenvalue weighted by molar-refractivity contribution is 5.72. The van der Waals surface area contributed by atoms with Crippen molar-refractivity contribution in [3.05, 3.63) is 29.5 Å². The van der Waals surface area contributed by atoms with E-state index in [1.165, 1.54) is 13.1 Å². The van der Waals surface area contributed by atoms with Crippen LogP contribution in [0, 0.1) is 5.82 Å². The first-order valence-electron chi connectivity index (χ1n) is 8.92. The van der Waals surface area contributed by atoms with Crippen LogP contribution in [0.25, 0.3) is 0 Å². The third-order valence-corrected chi connectivity index (χ3v) is 4.77. The van der Waals surface area contributed by atoms with Crippen LogP contribution in [0.3, 0.4) is 0 Å². The van der Waals surface area contributed by atoms with Gasteiger partial charge in [0.2, 0.25) is 11.9 Å². The molecule has 1 amide bonds. The first kappa shape index (κ1) is 16.7. The number of fused-ring (bicyclic) bond motifs is 1. The molecule has 2 aliphatic heterocycles. The van der Waals surface area contributed by atoms with Crippen LogP contribution in [-0.4, -0.2) is 45.3 Å². The van der Waals surface area contributed by atoms with Gasteiger partial charge in [-0.1, -0.05) is 0 Å². The summed E-state index contributed by atoms with van der Waals surface area (Å²) in [6.07, 6.45) is 3.40. The van der Waals surface area contributed by atoms with E-state index in [0.29, 0.717) is 37.9 Å². The van der Waals surface area contributed by atoms with E-state index in [2.05, 4.69) is 20.4 Å². The van der Waals surface area contributed by atoms with Gasteiger partial charge in [0.25, 0.3) is 0 Å². The monoisotopic (exact) mass is 359 g/mol. The molecule has 1 N–H and O–H groups in total. The first-order chi connectivity index (χ1) is 12.6. The van der Waals surface area contributed by atoms with Crippen molar-refractivity contribution < 1.29 is 9.18 Å². The Morgan fingerprint density at radius 3 is 2.81 bits per heavy atom. The summed E-state index contributed by atoms with van der Waals surface area (Å²) < 4.78 is 16.1. The van der Waals surface area contributed by atoms with Crippen molar-refractivity contribution >= 4 is 17.7 Å². The van der Waals surface area contributed by atoms with Crippen LogP contribution in [0.15, 0.2) is 12.3 Å². The Morgan fingerprint density at radius 2 is 2.04 bits per heavy atom. The zero-order valence-electron chi connectivity index (χ0n) is 14.8. The fraction of sp³-hybridized carbons (Fsp3) is 0.529. The van der Waals surface area contributed by atoms with E-state index >= 15 is 0 Å². The molecule has 0 saturated carbocycles. The third-order valence-electron chi connectivity index (χ3n) is 4.77. The lowest BCUT2D eigenvalue weighted by molar-refractivity contribution is -0.119. The number of carbonyl (C=O) groups is 1. The summed E-state index contributed by atoms with van der Waals surface area (Å²) in [6, 6.07) is 1.98. The molecule has 4 heterocycles. The summed E-state index contributed by atoms with van der Waals surface area (Å²) in [4.78, 5) is 23.8. The second kappa shape index (κ2) is 6.89. The number of carbonyl (C=O) groups excluding carboxylic acids is 1. The van der Waals surface area contributed by atoms with Crippen molar-refractivity contribution in [2.45, 2.75) is 39.4 Å². The summed E-state index contributed by atoms with van der Waals surface area (Å²) in [7, 11) is 0. The molecule has 0 bridgehead atoms. The molecule has 138 valence electrons. The van der Waals surface area contributed by atoms with Crippen LogP contribution in [0.1, 0.15) is 31.2 Å². The topological polar surface area (TPSA) is 79.2 Å². The summed E-state index contributed by atoms with van der Waals surface area (Å²) >= 11 is 0. The normalized spacial score (nSPS) is 16.7. The lowest BCUT2D eigenvalue weighted by Gasteiger charge is -2.28. The van der Waals surface area contributed by atoms with E-state index < -0.39 is 0 Å². The van der Waals surface area contributed by atoms with Crippen LogP contribution in [0.2, 0.25) is 0 Å². The second-order valence-corrected chi connectivity index (χ2v) is 6.72. The Kier molecular flexibility index (Phi) is 4.44. The lowest BCUT2D eigenvalue weighted by Crippen LogP contribution is -2.35. The Hall–Kier alpha value is -2.71. The van der Waals surface area contributed by atoms with Crippen molar-refractivity contribution in [1.82, 2.24) is 25.1 Å². The molecule has 4 rings (SSSR count). The molecular formula is C17H22FN7O. The highest BCUT2D eigenvalue weighted by Crippen LogP contribution is 2.25. The van der Waals surface area contributed by atoms with Gasteiger partial charge in [-0.25, -0.2) is 9.37 Å². The van der Waals surface area contributed by atoms with E-state index in [0.717, 1.165) is 37.3 Å². The van der Waals surface area contributed by atoms with Gasteiger partial charge < -0.3 is 15.1 Å². The lowest BCUT2D eigenvalue weighted by atomic mass is 10.3. The third kappa shape index (κ3) is 3.33. The number of rotatable bonds is 4. The zero-order chi connectivity index (χ0) is 18.1. The quantitative estimate of drug-likeness (QED) is 0.880. The number of halogens is 1. The molecular weight excluding hydrogens is 337 g/mol. The SMILES string of the molecule is CC(=O)NCc1cc2n(n1)CCN(c1ncc(F)c(N3CCCC3)n1)C2. The summed E-state index contributed by atoms with van der Waals surface area (Å²) in [5.74, 6) is 0.504. The molecule has 0 atom stereocenters.